The summed E-state index contributed by atoms with van der Waals surface area (Å²) in [5, 5.41) is 3.57. The van der Waals surface area contributed by atoms with Crippen molar-refractivity contribution in [3.63, 3.8) is 0 Å². The number of piperidine rings is 1. The molecule has 1 saturated heterocycles. The van der Waals surface area contributed by atoms with E-state index >= 15 is 0 Å². The molecule has 0 bridgehead atoms. The molecule has 0 saturated carbocycles. The van der Waals surface area contributed by atoms with Gasteiger partial charge in [0.1, 0.15) is 5.75 Å². The molecule has 1 unspecified atom stereocenters. The highest BCUT2D eigenvalue weighted by molar-refractivity contribution is 6.30. The molecule has 1 aliphatic heterocycles. The van der Waals surface area contributed by atoms with E-state index in [4.69, 9.17) is 16.3 Å². The first kappa shape index (κ1) is 17.1. The van der Waals surface area contributed by atoms with Gasteiger partial charge >= 0.3 is 0 Å². The fourth-order valence-corrected chi connectivity index (χ4v) is 2.87. The highest BCUT2D eigenvalue weighted by Gasteiger charge is 2.18. The van der Waals surface area contributed by atoms with E-state index in [1.54, 1.807) is 25.1 Å². The Kier molecular flexibility index (Phi) is 6.52. The average molecular weight is 325 g/mol. The summed E-state index contributed by atoms with van der Waals surface area (Å²) >= 11 is 5.90. The Morgan fingerprint density at radius 2 is 2.18 bits per heavy atom. The molecule has 0 spiro atoms. The number of amides is 1. The number of nitrogens with one attached hydrogen (secondary N) is 1. The Balaban J connectivity index is 1.68. The molecule has 1 heterocycles. The number of rotatable bonds is 6. The number of nitrogens with zero attached hydrogens (tertiary/aromatic N) is 1. The molecule has 4 nitrogen and oxygen atoms in total. The molecule has 122 valence electrons. The zero-order chi connectivity index (χ0) is 15.9. The van der Waals surface area contributed by atoms with Gasteiger partial charge in [-0.3, -0.25) is 4.79 Å². The van der Waals surface area contributed by atoms with Gasteiger partial charge in [0.05, 0.1) is 0 Å². The minimum absolute atomic E-state index is 0.0760. The summed E-state index contributed by atoms with van der Waals surface area (Å²) in [5.74, 6) is 1.26. The van der Waals surface area contributed by atoms with Crippen LogP contribution in [0.25, 0.3) is 0 Å². The van der Waals surface area contributed by atoms with E-state index in [0.717, 1.165) is 32.0 Å². The molecule has 0 radical (unpaired) electrons. The van der Waals surface area contributed by atoms with Crippen molar-refractivity contribution in [1.82, 2.24) is 10.2 Å². The molecule has 2 rings (SSSR count). The van der Waals surface area contributed by atoms with E-state index in [9.17, 15) is 4.79 Å². The number of likely N-dealkylation sites (tertiary alicyclic amines) is 1. The number of ether oxygens (including phenoxy) is 1. The van der Waals surface area contributed by atoms with Crippen LogP contribution in [-0.4, -0.2) is 43.6 Å². The smallest absolute Gasteiger partial charge is 0.260 e. The first-order valence-corrected chi connectivity index (χ1v) is 8.31. The normalized spacial score (nSPS) is 18.0. The zero-order valence-corrected chi connectivity index (χ0v) is 14.1. The van der Waals surface area contributed by atoms with Gasteiger partial charge in [-0.1, -0.05) is 17.7 Å². The van der Waals surface area contributed by atoms with Crippen LogP contribution in [0.3, 0.4) is 0 Å². The van der Waals surface area contributed by atoms with Gasteiger partial charge in [0, 0.05) is 11.6 Å². The maximum Gasteiger partial charge on any atom is 0.260 e. The average Bonchev–Trinajstić information content (AvgIpc) is 2.49. The topological polar surface area (TPSA) is 41.6 Å². The van der Waals surface area contributed by atoms with Gasteiger partial charge in [-0.2, -0.15) is 0 Å². The molecule has 1 N–H and O–H groups in total. The van der Waals surface area contributed by atoms with Gasteiger partial charge in [-0.15, -0.1) is 0 Å². The minimum atomic E-state index is -0.518. The molecule has 1 aromatic carbocycles. The van der Waals surface area contributed by atoms with Crippen molar-refractivity contribution in [3.8, 4) is 5.75 Å². The predicted molar refractivity (Wildman–Crippen MR) is 89.4 cm³/mol. The largest absolute Gasteiger partial charge is 0.481 e. The van der Waals surface area contributed by atoms with E-state index in [1.165, 1.54) is 12.8 Å². The molecular weight excluding hydrogens is 300 g/mol. The summed E-state index contributed by atoms with van der Waals surface area (Å²) in [6, 6.07) is 7.10. The number of carbonyl (C=O) groups is 1. The summed E-state index contributed by atoms with van der Waals surface area (Å²) in [6.07, 6.45) is 2.97. The van der Waals surface area contributed by atoms with Crippen LogP contribution in [0, 0.1) is 5.92 Å². The van der Waals surface area contributed by atoms with Crippen molar-refractivity contribution in [2.75, 3.05) is 26.7 Å². The molecule has 0 aromatic heterocycles. The molecule has 1 aliphatic rings. The van der Waals surface area contributed by atoms with Gasteiger partial charge in [-0.05, 0) is 70.4 Å². The standard InChI is InChI=1S/C17H25ClN2O2/c1-13(22-16-5-3-4-15(18)12-16)17(21)19-9-6-14-7-10-20(2)11-8-14/h3-5,12-14H,6-11H2,1-2H3,(H,19,21). The second-order valence-electron chi connectivity index (χ2n) is 6.04. The van der Waals surface area contributed by atoms with Gasteiger partial charge < -0.3 is 15.0 Å². The molecule has 5 heteroatoms. The lowest BCUT2D eigenvalue weighted by Crippen LogP contribution is -2.38. The third-order valence-corrected chi connectivity index (χ3v) is 4.40. The Hall–Kier alpha value is -1.26. The highest BCUT2D eigenvalue weighted by atomic mass is 35.5. The molecule has 1 aromatic rings. The molecule has 1 atom stereocenters. The lowest BCUT2D eigenvalue weighted by molar-refractivity contribution is -0.127. The van der Waals surface area contributed by atoms with E-state index in [1.807, 2.05) is 6.07 Å². The predicted octanol–water partition coefficient (Wildman–Crippen LogP) is 2.96. The van der Waals surface area contributed by atoms with E-state index in [-0.39, 0.29) is 5.91 Å². The van der Waals surface area contributed by atoms with Crippen LogP contribution < -0.4 is 10.1 Å². The van der Waals surface area contributed by atoms with Gasteiger partial charge in [0.25, 0.3) is 5.91 Å². The Bertz CT molecular complexity index is 487. The Morgan fingerprint density at radius 3 is 2.86 bits per heavy atom. The maximum absolute atomic E-state index is 12.0. The molecule has 1 amide bonds. The van der Waals surface area contributed by atoms with Crippen LogP contribution in [0.15, 0.2) is 24.3 Å². The van der Waals surface area contributed by atoms with Crippen LogP contribution in [0.2, 0.25) is 5.02 Å². The van der Waals surface area contributed by atoms with Crippen LogP contribution >= 0.6 is 11.6 Å². The Labute approximate surface area is 137 Å². The molecule has 0 aliphatic carbocycles. The lowest BCUT2D eigenvalue weighted by atomic mass is 9.94. The lowest BCUT2D eigenvalue weighted by Gasteiger charge is -2.29. The fourth-order valence-electron chi connectivity index (χ4n) is 2.69. The monoisotopic (exact) mass is 324 g/mol. The number of hydrogen-bond donors (Lipinski definition) is 1. The summed E-state index contributed by atoms with van der Waals surface area (Å²) in [4.78, 5) is 14.4. The molecule has 22 heavy (non-hydrogen) atoms. The van der Waals surface area contributed by atoms with Crippen molar-refractivity contribution in [1.29, 1.82) is 0 Å². The SMILES string of the molecule is CC(Oc1cccc(Cl)c1)C(=O)NCCC1CCN(C)CC1. The number of hydrogen-bond acceptors (Lipinski definition) is 3. The minimum Gasteiger partial charge on any atom is -0.481 e. The van der Waals surface area contributed by atoms with Crippen LogP contribution in [0.4, 0.5) is 0 Å². The van der Waals surface area contributed by atoms with Crippen LogP contribution in [0.5, 0.6) is 5.75 Å². The van der Waals surface area contributed by atoms with Gasteiger partial charge in [-0.25, -0.2) is 0 Å². The summed E-state index contributed by atoms with van der Waals surface area (Å²) < 4.78 is 5.61. The van der Waals surface area contributed by atoms with Crippen molar-refractivity contribution in [2.45, 2.75) is 32.3 Å². The quantitative estimate of drug-likeness (QED) is 0.874. The fraction of sp³-hybridized carbons (Fsp3) is 0.588. The highest BCUT2D eigenvalue weighted by Crippen LogP contribution is 2.19. The first-order chi connectivity index (χ1) is 10.5. The summed E-state index contributed by atoms with van der Waals surface area (Å²) in [7, 11) is 2.16. The number of carbonyl (C=O) groups excluding carboxylic acids is 1. The van der Waals surface area contributed by atoms with Crippen LogP contribution in [0.1, 0.15) is 26.2 Å². The Morgan fingerprint density at radius 1 is 1.45 bits per heavy atom. The van der Waals surface area contributed by atoms with Crippen molar-refractivity contribution >= 4 is 17.5 Å². The third-order valence-electron chi connectivity index (χ3n) is 4.17. The van der Waals surface area contributed by atoms with Gasteiger partial charge in [0.15, 0.2) is 6.10 Å². The second-order valence-corrected chi connectivity index (χ2v) is 6.48. The van der Waals surface area contributed by atoms with Gasteiger partial charge in [0.2, 0.25) is 0 Å². The number of benzene rings is 1. The third kappa shape index (κ3) is 5.50. The van der Waals surface area contributed by atoms with Crippen molar-refractivity contribution in [2.24, 2.45) is 5.92 Å². The van der Waals surface area contributed by atoms with E-state index < -0.39 is 6.10 Å². The second kappa shape index (κ2) is 8.39. The van der Waals surface area contributed by atoms with E-state index in [2.05, 4.69) is 17.3 Å². The van der Waals surface area contributed by atoms with Crippen molar-refractivity contribution < 1.29 is 9.53 Å². The zero-order valence-electron chi connectivity index (χ0n) is 13.3. The van der Waals surface area contributed by atoms with Crippen LogP contribution in [-0.2, 0) is 4.79 Å². The van der Waals surface area contributed by atoms with E-state index in [0.29, 0.717) is 10.8 Å². The molecule has 1 fully saturated rings. The summed E-state index contributed by atoms with van der Waals surface area (Å²) in [5.41, 5.74) is 0. The maximum atomic E-state index is 12.0. The van der Waals surface area contributed by atoms with Crippen molar-refractivity contribution in [3.05, 3.63) is 29.3 Å². The first-order valence-electron chi connectivity index (χ1n) is 7.93. The number of halogens is 1. The molecular formula is C17H25ClN2O2. The summed E-state index contributed by atoms with van der Waals surface area (Å²) in [6.45, 7) is 4.79.